The van der Waals surface area contributed by atoms with Crippen LogP contribution in [0.5, 0.6) is 5.75 Å². The van der Waals surface area contributed by atoms with Crippen LogP contribution in [0.1, 0.15) is 58.5 Å². The summed E-state index contributed by atoms with van der Waals surface area (Å²) in [7, 11) is 1.33. The number of aromatic amines is 1. The maximum absolute atomic E-state index is 13.4. The zero-order valence-corrected chi connectivity index (χ0v) is 20.2. The van der Waals surface area contributed by atoms with Gasteiger partial charge in [-0.25, -0.2) is 9.59 Å². The van der Waals surface area contributed by atoms with E-state index in [1.807, 2.05) is 12.1 Å². The predicted octanol–water partition coefficient (Wildman–Crippen LogP) is 3.59. The minimum atomic E-state index is -0.569. The summed E-state index contributed by atoms with van der Waals surface area (Å²) in [5.74, 6) is -0.123. The Morgan fingerprint density at radius 2 is 2.03 bits per heavy atom. The van der Waals surface area contributed by atoms with Crippen LogP contribution in [0.15, 0.2) is 42.6 Å². The van der Waals surface area contributed by atoms with Gasteiger partial charge in [0, 0.05) is 43.3 Å². The Morgan fingerprint density at radius 3 is 2.78 bits per heavy atom. The van der Waals surface area contributed by atoms with Crippen LogP contribution in [0.4, 0.5) is 4.79 Å². The average molecular weight is 493 g/mol. The number of carbonyl (C=O) groups excluding carboxylic acids is 3. The summed E-state index contributed by atoms with van der Waals surface area (Å²) < 4.78 is 16.5. The van der Waals surface area contributed by atoms with E-state index >= 15 is 0 Å². The molecular formula is C26H28N4O6. The van der Waals surface area contributed by atoms with Gasteiger partial charge in [0.05, 0.1) is 42.6 Å². The molecule has 1 aromatic heterocycles. The lowest BCUT2D eigenvalue weighted by Crippen LogP contribution is -2.53. The Morgan fingerprint density at radius 1 is 1.22 bits per heavy atom. The maximum Gasteiger partial charge on any atom is 0.409 e. The molecule has 1 atom stereocenters. The first-order valence-electron chi connectivity index (χ1n) is 12.0. The largest absolute Gasteiger partial charge is 0.487 e. The van der Waals surface area contributed by atoms with Gasteiger partial charge in [-0.3, -0.25) is 9.89 Å². The minimum absolute atomic E-state index is 0.259. The molecule has 188 valence electrons. The number of ether oxygens (including phenoxy) is 3. The van der Waals surface area contributed by atoms with Gasteiger partial charge in [-0.1, -0.05) is 12.1 Å². The maximum atomic E-state index is 13.4. The van der Waals surface area contributed by atoms with Crippen molar-refractivity contribution < 1.29 is 28.6 Å². The highest BCUT2D eigenvalue weighted by atomic mass is 16.6. The minimum Gasteiger partial charge on any atom is -0.487 e. The van der Waals surface area contributed by atoms with Crippen LogP contribution in [0, 0.1) is 0 Å². The summed E-state index contributed by atoms with van der Waals surface area (Å²) >= 11 is 0. The number of hydrogen-bond acceptors (Lipinski definition) is 7. The molecule has 0 unspecified atom stereocenters. The Kier molecular flexibility index (Phi) is 6.26. The molecule has 3 aromatic rings. The van der Waals surface area contributed by atoms with Crippen molar-refractivity contribution in [2.75, 3.05) is 26.8 Å². The number of fused-ring (bicyclic) bond motifs is 2. The zero-order valence-electron chi connectivity index (χ0n) is 20.2. The monoisotopic (exact) mass is 492 g/mol. The van der Waals surface area contributed by atoms with Gasteiger partial charge in [0.2, 0.25) is 0 Å². The van der Waals surface area contributed by atoms with Crippen molar-refractivity contribution in [2.45, 2.75) is 37.8 Å². The summed E-state index contributed by atoms with van der Waals surface area (Å²) in [5, 5.41) is 10.9. The lowest BCUT2D eigenvalue weighted by Gasteiger charge is -2.46. The van der Waals surface area contributed by atoms with Crippen molar-refractivity contribution in [3.05, 3.63) is 59.3 Å². The summed E-state index contributed by atoms with van der Waals surface area (Å²) in [6, 6.07) is 10.1. The molecule has 3 heterocycles. The Bertz CT molecular complexity index is 1310. The predicted molar refractivity (Wildman–Crippen MR) is 130 cm³/mol. The van der Waals surface area contributed by atoms with Gasteiger partial charge in [0.15, 0.2) is 0 Å². The summed E-state index contributed by atoms with van der Waals surface area (Å²) in [4.78, 5) is 39.5. The highest BCUT2D eigenvalue weighted by molar-refractivity contribution is 6.05. The van der Waals surface area contributed by atoms with Gasteiger partial charge in [-0.2, -0.15) is 5.10 Å². The molecule has 1 saturated heterocycles. The third-order valence-corrected chi connectivity index (χ3v) is 6.94. The molecule has 2 aliphatic heterocycles. The van der Waals surface area contributed by atoms with Crippen molar-refractivity contribution in [1.29, 1.82) is 0 Å². The Labute approximate surface area is 207 Å². The molecule has 10 nitrogen and oxygen atoms in total. The number of aromatic nitrogens is 2. The quantitative estimate of drug-likeness (QED) is 0.534. The van der Waals surface area contributed by atoms with Gasteiger partial charge in [0.1, 0.15) is 11.4 Å². The van der Waals surface area contributed by atoms with Crippen LogP contribution < -0.4 is 10.1 Å². The first-order valence-corrected chi connectivity index (χ1v) is 12.0. The third-order valence-electron chi connectivity index (χ3n) is 6.94. The average Bonchev–Trinajstić information content (AvgIpc) is 3.37. The number of benzene rings is 2. The first-order chi connectivity index (χ1) is 17.4. The molecule has 2 amide bonds. The molecular weight excluding hydrogens is 464 g/mol. The molecule has 5 rings (SSSR count). The standard InChI is InChI=1S/C26H28N4O6/c1-3-35-25(33)30-11-9-26(10-12-30)14-20(19-13-16(24(32)34-2)7-8-21(19)36-26)28-23(31)18-6-4-5-17-15-27-29-22(17)18/h4-8,13,15,20H,3,9-12,14H2,1-2H3,(H,27,29)(H,28,31)/t20-/m0/s1. The molecule has 36 heavy (non-hydrogen) atoms. The Hall–Kier alpha value is -4.08. The van der Waals surface area contributed by atoms with E-state index in [2.05, 4.69) is 15.5 Å². The van der Waals surface area contributed by atoms with Crippen molar-refractivity contribution >= 4 is 28.9 Å². The number of nitrogens with zero attached hydrogens (tertiary/aromatic N) is 2. The number of H-pyrrole nitrogens is 1. The second-order valence-electron chi connectivity index (χ2n) is 9.09. The summed E-state index contributed by atoms with van der Waals surface area (Å²) in [6.07, 6.45) is 3.01. The van der Waals surface area contributed by atoms with Gasteiger partial charge >= 0.3 is 12.1 Å². The fraction of sp³-hybridized carbons (Fsp3) is 0.385. The number of esters is 1. The molecule has 2 aliphatic rings. The molecule has 0 saturated carbocycles. The summed E-state index contributed by atoms with van der Waals surface area (Å²) in [5.41, 5.74) is 1.65. The lowest BCUT2D eigenvalue weighted by molar-refractivity contribution is -0.0233. The third kappa shape index (κ3) is 4.34. The van der Waals surface area contributed by atoms with E-state index in [9.17, 15) is 14.4 Å². The number of likely N-dealkylation sites (tertiary alicyclic amines) is 1. The second-order valence-corrected chi connectivity index (χ2v) is 9.09. The SMILES string of the molecule is CCOC(=O)N1CCC2(CC1)C[C@H](NC(=O)c1cccc3cn[nH]c13)c1cc(C(=O)OC)ccc1O2. The van der Waals surface area contributed by atoms with E-state index in [-0.39, 0.29) is 12.0 Å². The van der Waals surface area contributed by atoms with Crippen molar-refractivity contribution in [3.8, 4) is 5.75 Å². The number of para-hydroxylation sites is 1. The van der Waals surface area contributed by atoms with Crippen LogP contribution in [0.25, 0.3) is 10.9 Å². The van der Waals surface area contributed by atoms with Crippen LogP contribution in [0.3, 0.4) is 0 Å². The molecule has 1 spiro atoms. The van der Waals surface area contributed by atoms with Crippen LogP contribution in [-0.2, 0) is 9.47 Å². The molecule has 0 bridgehead atoms. The molecule has 1 fully saturated rings. The van der Waals surface area contributed by atoms with Gasteiger partial charge < -0.3 is 24.4 Å². The van der Waals surface area contributed by atoms with Crippen molar-refractivity contribution in [1.82, 2.24) is 20.4 Å². The number of amides is 2. The highest BCUT2D eigenvalue weighted by Gasteiger charge is 2.45. The number of methoxy groups -OCH3 is 1. The van der Waals surface area contributed by atoms with Gasteiger partial charge in [-0.05, 0) is 31.2 Å². The fourth-order valence-corrected chi connectivity index (χ4v) is 5.06. The number of nitrogens with one attached hydrogen (secondary N) is 2. The van der Waals surface area contributed by atoms with E-state index in [0.29, 0.717) is 66.9 Å². The zero-order chi connectivity index (χ0) is 25.3. The van der Waals surface area contributed by atoms with Crippen LogP contribution in [0.2, 0.25) is 0 Å². The van der Waals surface area contributed by atoms with Gasteiger partial charge in [-0.15, -0.1) is 0 Å². The van der Waals surface area contributed by atoms with Crippen LogP contribution >= 0.6 is 0 Å². The van der Waals surface area contributed by atoms with Crippen molar-refractivity contribution in [2.24, 2.45) is 0 Å². The Balaban J connectivity index is 1.45. The van der Waals surface area contributed by atoms with Crippen molar-refractivity contribution in [3.63, 3.8) is 0 Å². The van der Waals surface area contributed by atoms with E-state index in [1.165, 1.54) is 7.11 Å². The lowest BCUT2D eigenvalue weighted by atomic mass is 9.80. The number of rotatable bonds is 4. The molecule has 0 radical (unpaired) electrons. The molecule has 2 N–H and O–H groups in total. The molecule has 2 aromatic carbocycles. The smallest absolute Gasteiger partial charge is 0.409 e. The number of piperidine rings is 1. The highest BCUT2D eigenvalue weighted by Crippen LogP contribution is 2.45. The van der Waals surface area contributed by atoms with Gasteiger partial charge in [0.25, 0.3) is 5.91 Å². The number of hydrogen-bond donors (Lipinski definition) is 2. The fourth-order valence-electron chi connectivity index (χ4n) is 5.06. The van der Waals surface area contributed by atoms with E-state index in [0.717, 1.165) is 5.39 Å². The molecule has 0 aliphatic carbocycles. The summed E-state index contributed by atoms with van der Waals surface area (Å²) in [6.45, 7) is 3.08. The second kappa shape index (κ2) is 9.52. The first kappa shape index (κ1) is 23.7. The normalized spacial score (nSPS) is 18.3. The molecule has 10 heteroatoms. The number of carbonyl (C=O) groups is 3. The van der Waals surface area contributed by atoms with Crippen LogP contribution in [-0.4, -0.2) is 65.5 Å². The van der Waals surface area contributed by atoms with E-state index < -0.39 is 17.6 Å². The topological polar surface area (TPSA) is 123 Å². The van der Waals surface area contributed by atoms with E-state index in [4.69, 9.17) is 14.2 Å². The van der Waals surface area contributed by atoms with E-state index in [1.54, 1.807) is 42.3 Å².